The third kappa shape index (κ3) is 3.35. The summed E-state index contributed by atoms with van der Waals surface area (Å²) in [6, 6.07) is 10.2. The van der Waals surface area contributed by atoms with Gasteiger partial charge in [-0.15, -0.1) is 0 Å². The van der Waals surface area contributed by atoms with Crippen LogP contribution >= 0.6 is 11.6 Å². The fraction of sp³-hybridized carbons (Fsp3) is 0.0714. The number of halogens is 1. The smallest absolute Gasteiger partial charge is 0.267 e. The molecular formula is C14H11ClN2O2. The fourth-order valence-electron chi connectivity index (χ4n) is 1.58. The standard InChI is InChI=1S/C14H11ClN2O2/c15-12-5-3-10(4-6-12)11(9-18)8-17-14(19)13-2-1-7-16-13/h1-7,16H,8H2,(H,17,19). The Labute approximate surface area is 115 Å². The van der Waals surface area contributed by atoms with Gasteiger partial charge in [0.05, 0.1) is 12.1 Å². The van der Waals surface area contributed by atoms with E-state index in [2.05, 4.69) is 10.3 Å². The number of H-pyrrole nitrogens is 1. The lowest BCUT2D eigenvalue weighted by molar-refractivity contribution is 0.0954. The van der Waals surface area contributed by atoms with Crippen LogP contribution in [0, 0.1) is 0 Å². The number of hydrogen-bond donors (Lipinski definition) is 2. The molecule has 0 atom stereocenters. The van der Waals surface area contributed by atoms with E-state index in [0.29, 0.717) is 21.9 Å². The molecule has 0 fully saturated rings. The van der Waals surface area contributed by atoms with Crippen LogP contribution in [0.1, 0.15) is 16.1 Å². The molecule has 0 bridgehead atoms. The van der Waals surface area contributed by atoms with Crippen LogP contribution in [0.3, 0.4) is 0 Å². The number of amides is 1. The number of aromatic nitrogens is 1. The van der Waals surface area contributed by atoms with E-state index >= 15 is 0 Å². The molecule has 0 spiro atoms. The van der Waals surface area contributed by atoms with Crippen molar-refractivity contribution in [2.75, 3.05) is 6.54 Å². The summed E-state index contributed by atoms with van der Waals surface area (Å²) in [5, 5.41) is 3.23. The van der Waals surface area contributed by atoms with E-state index in [1.807, 2.05) is 5.94 Å². The normalized spacial score (nSPS) is 9.74. The number of benzene rings is 1. The molecule has 2 aromatic rings. The van der Waals surface area contributed by atoms with Crippen LogP contribution in [0.25, 0.3) is 5.57 Å². The molecule has 0 saturated carbocycles. The highest BCUT2D eigenvalue weighted by Crippen LogP contribution is 2.15. The Morgan fingerprint density at radius 3 is 2.58 bits per heavy atom. The van der Waals surface area contributed by atoms with Crippen LogP contribution in [0.2, 0.25) is 5.02 Å². The highest BCUT2D eigenvalue weighted by atomic mass is 35.5. The summed E-state index contributed by atoms with van der Waals surface area (Å²) in [7, 11) is 0. The number of nitrogens with one attached hydrogen (secondary N) is 2. The second-order valence-corrected chi connectivity index (χ2v) is 4.29. The zero-order valence-electron chi connectivity index (χ0n) is 9.94. The number of aromatic amines is 1. The van der Waals surface area contributed by atoms with Crippen molar-refractivity contribution in [2.24, 2.45) is 0 Å². The maximum Gasteiger partial charge on any atom is 0.267 e. The maximum absolute atomic E-state index is 11.7. The van der Waals surface area contributed by atoms with Crippen LogP contribution in [0.5, 0.6) is 0 Å². The molecule has 0 radical (unpaired) electrons. The van der Waals surface area contributed by atoms with E-state index in [-0.39, 0.29) is 12.5 Å². The van der Waals surface area contributed by atoms with E-state index in [4.69, 9.17) is 11.6 Å². The fourth-order valence-corrected chi connectivity index (χ4v) is 1.71. The molecule has 96 valence electrons. The lowest BCUT2D eigenvalue weighted by Crippen LogP contribution is -2.25. The van der Waals surface area contributed by atoms with Gasteiger partial charge < -0.3 is 10.3 Å². The van der Waals surface area contributed by atoms with E-state index < -0.39 is 0 Å². The third-order valence-electron chi connectivity index (χ3n) is 2.58. The van der Waals surface area contributed by atoms with Gasteiger partial charge in [-0.05, 0) is 29.8 Å². The average molecular weight is 275 g/mol. The minimum Gasteiger partial charge on any atom is -0.357 e. The summed E-state index contributed by atoms with van der Waals surface area (Å²) in [5.74, 6) is 1.57. The first-order valence-corrected chi connectivity index (χ1v) is 6.00. The quantitative estimate of drug-likeness (QED) is 0.841. The minimum atomic E-state index is -0.272. The van der Waals surface area contributed by atoms with Crippen molar-refractivity contribution in [3.63, 3.8) is 0 Å². The Bertz CT molecular complexity index is 611. The number of carbonyl (C=O) groups excluding carboxylic acids is 2. The zero-order chi connectivity index (χ0) is 13.7. The highest BCUT2D eigenvalue weighted by Gasteiger charge is 2.08. The first kappa shape index (κ1) is 13.1. The second-order valence-electron chi connectivity index (χ2n) is 3.85. The van der Waals surface area contributed by atoms with Gasteiger partial charge in [0.15, 0.2) is 0 Å². The van der Waals surface area contributed by atoms with Crippen LogP contribution in [0.15, 0.2) is 42.6 Å². The van der Waals surface area contributed by atoms with E-state index in [1.54, 1.807) is 42.6 Å². The number of hydrogen-bond acceptors (Lipinski definition) is 2. The Morgan fingerprint density at radius 2 is 2.00 bits per heavy atom. The molecule has 0 aliphatic rings. The van der Waals surface area contributed by atoms with Crippen LogP contribution in [0.4, 0.5) is 0 Å². The lowest BCUT2D eigenvalue weighted by atomic mass is 10.1. The zero-order valence-corrected chi connectivity index (χ0v) is 10.7. The Balaban J connectivity index is 2.03. The van der Waals surface area contributed by atoms with Crippen molar-refractivity contribution in [3.05, 3.63) is 58.9 Å². The van der Waals surface area contributed by atoms with E-state index in [0.717, 1.165) is 0 Å². The molecule has 0 saturated heterocycles. The van der Waals surface area contributed by atoms with Crippen LogP contribution in [-0.4, -0.2) is 23.4 Å². The van der Waals surface area contributed by atoms with Crippen molar-refractivity contribution in [1.29, 1.82) is 0 Å². The van der Waals surface area contributed by atoms with E-state index in [1.165, 1.54) is 0 Å². The van der Waals surface area contributed by atoms with Gasteiger partial charge in [-0.3, -0.25) is 4.79 Å². The van der Waals surface area contributed by atoms with Crippen LogP contribution < -0.4 is 5.32 Å². The number of carbonyl (C=O) groups is 1. The molecule has 5 heteroatoms. The maximum atomic E-state index is 11.7. The third-order valence-corrected chi connectivity index (χ3v) is 2.84. The Morgan fingerprint density at radius 1 is 1.26 bits per heavy atom. The summed E-state index contributed by atoms with van der Waals surface area (Å²) in [4.78, 5) is 25.4. The molecule has 0 unspecified atom stereocenters. The van der Waals surface area contributed by atoms with Crippen molar-refractivity contribution in [1.82, 2.24) is 10.3 Å². The highest BCUT2D eigenvalue weighted by molar-refractivity contribution is 6.30. The minimum absolute atomic E-state index is 0.114. The van der Waals surface area contributed by atoms with E-state index in [9.17, 15) is 9.59 Å². The molecule has 4 nitrogen and oxygen atoms in total. The molecule has 2 rings (SSSR count). The average Bonchev–Trinajstić information content (AvgIpc) is 2.95. The molecule has 0 aliphatic heterocycles. The monoisotopic (exact) mass is 274 g/mol. The van der Waals surface area contributed by atoms with Gasteiger partial charge in [0, 0.05) is 11.2 Å². The van der Waals surface area contributed by atoms with Crippen LogP contribution in [-0.2, 0) is 4.79 Å². The summed E-state index contributed by atoms with van der Waals surface area (Å²) >= 11 is 5.77. The van der Waals surface area contributed by atoms with Gasteiger partial charge in [0.1, 0.15) is 11.6 Å². The first-order chi connectivity index (χ1) is 9.20. The Kier molecular flexibility index (Phi) is 4.18. The molecule has 2 N–H and O–H groups in total. The predicted molar refractivity (Wildman–Crippen MR) is 73.7 cm³/mol. The molecule has 1 heterocycles. The van der Waals surface area contributed by atoms with Gasteiger partial charge in [-0.1, -0.05) is 23.7 Å². The largest absolute Gasteiger partial charge is 0.357 e. The topological polar surface area (TPSA) is 62.0 Å². The summed E-state index contributed by atoms with van der Waals surface area (Å²) in [6.07, 6.45) is 1.66. The molecule has 1 amide bonds. The molecule has 0 aliphatic carbocycles. The molecule has 19 heavy (non-hydrogen) atoms. The van der Waals surface area contributed by atoms with Gasteiger partial charge in [0.25, 0.3) is 5.91 Å². The van der Waals surface area contributed by atoms with Gasteiger partial charge in [-0.2, -0.15) is 0 Å². The summed E-state index contributed by atoms with van der Waals surface area (Å²) in [6.45, 7) is 0.114. The van der Waals surface area contributed by atoms with Gasteiger partial charge in [-0.25, -0.2) is 4.79 Å². The van der Waals surface area contributed by atoms with Crippen molar-refractivity contribution >= 4 is 29.0 Å². The SMILES string of the molecule is O=C=C(CNC(=O)c1ccc[nH]1)c1ccc(Cl)cc1. The molecule has 1 aromatic carbocycles. The first-order valence-electron chi connectivity index (χ1n) is 5.62. The predicted octanol–water partition coefficient (Wildman–Crippen LogP) is 2.31. The van der Waals surface area contributed by atoms with Gasteiger partial charge in [0.2, 0.25) is 0 Å². The summed E-state index contributed by atoms with van der Waals surface area (Å²) in [5.41, 5.74) is 1.50. The summed E-state index contributed by atoms with van der Waals surface area (Å²) < 4.78 is 0. The second kappa shape index (κ2) is 6.05. The van der Waals surface area contributed by atoms with Gasteiger partial charge >= 0.3 is 0 Å². The molecule has 1 aromatic heterocycles. The Hall–Kier alpha value is -2.29. The van der Waals surface area contributed by atoms with Crippen molar-refractivity contribution < 1.29 is 9.59 Å². The van der Waals surface area contributed by atoms with Crippen molar-refractivity contribution in [3.8, 4) is 0 Å². The number of rotatable bonds is 4. The molecular weight excluding hydrogens is 264 g/mol. The van der Waals surface area contributed by atoms with Crippen molar-refractivity contribution in [2.45, 2.75) is 0 Å². The lowest BCUT2D eigenvalue weighted by Gasteiger charge is -2.05.